The van der Waals surface area contributed by atoms with Crippen LogP contribution >= 0.6 is 0 Å². The topological polar surface area (TPSA) is 56.7 Å². The summed E-state index contributed by atoms with van der Waals surface area (Å²) in [5, 5.41) is 4.60. The van der Waals surface area contributed by atoms with E-state index >= 15 is 0 Å². The van der Waals surface area contributed by atoms with Crippen molar-refractivity contribution in [3.8, 4) is 5.69 Å². The Labute approximate surface area is 114 Å². The zero-order valence-corrected chi connectivity index (χ0v) is 11.9. The number of hydrogen-bond donors (Lipinski definition) is 1. The van der Waals surface area contributed by atoms with Gasteiger partial charge in [-0.25, -0.2) is 9.67 Å². The quantitative estimate of drug-likeness (QED) is 0.896. The maximum absolute atomic E-state index is 5.66. The van der Waals surface area contributed by atoms with Gasteiger partial charge in [-0.3, -0.25) is 0 Å². The molecule has 1 heterocycles. The second-order valence-electron chi connectivity index (χ2n) is 5.01. The maximum atomic E-state index is 5.66. The highest BCUT2D eigenvalue weighted by molar-refractivity contribution is 5.35. The fourth-order valence-corrected chi connectivity index (χ4v) is 1.98. The predicted molar refractivity (Wildman–Crippen MR) is 77.6 cm³/mol. The summed E-state index contributed by atoms with van der Waals surface area (Å²) in [6.45, 7) is 6.95. The molecule has 0 atom stereocenters. The first-order chi connectivity index (χ1) is 9.15. The molecular weight excluding hydrogens is 236 g/mol. The largest absolute Gasteiger partial charge is 0.330 e. The standard InChI is InChI=1S/C15H22N4/c1-4-12-5-7-13(8-6-12)19-14(9-10-16)17-15(18-19)11(2)3/h5-8,11H,4,9-10,16H2,1-3H3. The van der Waals surface area contributed by atoms with Gasteiger partial charge >= 0.3 is 0 Å². The maximum Gasteiger partial charge on any atom is 0.153 e. The molecule has 0 amide bonds. The van der Waals surface area contributed by atoms with Crippen LogP contribution in [0, 0.1) is 0 Å². The third-order valence-electron chi connectivity index (χ3n) is 3.16. The molecule has 2 N–H and O–H groups in total. The molecule has 0 unspecified atom stereocenters. The van der Waals surface area contributed by atoms with Gasteiger partial charge in [0.2, 0.25) is 0 Å². The van der Waals surface area contributed by atoms with E-state index in [0.717, 1.165) is 30.2 Å². The average molecular weight is 258 g/mol. The summed E-state index contributed by atoms with van der Waals surface area (Å²) in [6.07, 6.45) is 1.79. The number of hydrogen-bond acceptors (Lipinski definition) is 3. The fraction of sp³-hybridized carbons (Fsp3) is 0.467. The molecular formula is C15H22N4. The van der Waals surface area contributed by atoms with Crippen molar-refractivity contribution in [1.82, 2.24) is 14.8 Å². The van der Waals surface area contributed by atoms with Gasteiger partial charge in [0.05, 0.1) is 5.69 Å². The summed E-state index contributed by atoms with van der Waals surface area (Å²) >= 11 is 0. The van der Waals surface area contributed by atoms with Gasteiger partial charge in [-0.1, -0.05) is 32.9 Å². The van der Waals surface area contributed by atoms with E-state index in [1.54, 1.807) is 0 Å². The van der Waals surface area contributed by atoms with E-state index < -0.39 is 0 Å². The molecule has 0 saturated heterocycles. The van der Waals surface area contributed by atoms with E-state index in [-0.39, 0.29) is 0 Å². The first-order valence-corrected chi connectivity index (χ1v) is 6.91. The molecule has 0 radical (unpaired) electrons. The van der Waals surface area contributed by atoms with Crippen molar-refractivity contribution in [3.05, 3.63) is 41.5 Å². The molecule has 0 aliphatic heterocycles. The molecule has 4 heteroatoms. The fourth-order valence-electron chi connectivity index (χ4n) is 1.98. The van der Waals surface area contributed by atoms with Crippen molar-refractivity contribution in [1.29, 1.82) is 0 Å². The summed E-state index contributed by atoms with van der Waals surface area (Å²) in [6, 6.07) is 8.46. The van der Waals surface area contributed by atoms with Gasteiger partial charge in [-0.05, 0) is 30.7 Å². The number of nitrogens with two attached hydrogens (primary N) is 1. The lowest BCUT2D eigenvalue weighted by Gasteiger charge is -2.05. The van der Waals surface area contributed by atoms with E-state index in [9.17, 15) is 0 Å². The lowest BCUT2D eigenvalue weighted by molar-refractivity contribution is 0.743. The van der Waals surface area contributed by atoms with Crippen LogP contribution in [0.5, 0.6) is 0 Å². The van der Waals surface area contributed by atoms with Crippen LogP contribution in [0.25, 0.3) is 5.69 Å². The first kappa shape index (κ1) is 13.7. The van der Waals surface area contributed by atoms with Crippen molar-refractivity contribution in [2.75, 3.05) is 6.54 Å². The SMILES string of the molecule is CCc1ccc(-n2nc(C(C)C)nc2CCN)cc1. The van der Waals surface area contributed by atoms with Crippen LogP contribution in [0.1, 0.15) is 43.9 Å². The van der Waals surface area contributed by atoms with Crippen LogP contribution in [0.3, 0.4) is 0 Å². The molecule has 19 heavy (non-hydrogen) atoms. The van der Waals surface area contributed by atoms with Gasteiger partial charge < -0.3 is 5.73 Å². The Morgan fingerprint density at radius 1 is 1.21 bits per heavy atom. The zero-order valence-electron chi connectivity index (χ0n) is 11.9. The first-order valence-electron chi connectivity index (χ1n) is 6.91. The highest BCUT2D eigenvalue weighted by atomic mass is 15.4. The predicted octanol–water partition coefficient (Wildman–Crippen LogP) is 2.45. The Bertz CT molecular complexity index is 526. The summed E-state index contributed by atoms with van der Waals surface area (Å²) in [5.41, 5.74) is 8.04. The summed E-state index contributed by atoms with van der Waals surface area (Å²) in [4.78, 5) is 4.59. The van der Waals surface area contributed by atoms with E-state index in [0.29, 0.717) is 12.5 Å². The highest BCUT2D eigenvalue weighted by Crippen LogP contribution is 2.16. The van der Waals surface area contributed by atoms with Gasteiger partial charge in [0, 0.05) is 12.3 Å². The van der Waals surface area contributed by atoms with Gasteiger partial charge in [0.15, 0.2) is 5.82 Å². The van der Waals surface area contributed by atoms with Gasteiger partial charge in [-0.2, -0.15) is 5.10 Å². The highest BCUT2D eigenvalue weighted by Gasteiger charge is 2.13. The van der Waals surface area contributed by atoms with E-state index in [1.807, 2.05) is 4.68 Å². The molecule has 0 spiro atoms. The van der Waals surface area contributed by atoms with Crippen LogP contribution in [0.4, 0.5) is 0 Å². The normalized spacial score (nSPS) is 11.2. The Morgan fingerprint density at radius 2 is 1.89 bits per heavy atom. The molecule has 0 aliphatic rings. The number of nitrogens with zero attached hydrogens (tertiary/aromatic N) is 3. The molecule has 0 saturated carbocycles. The minimum Gasteiger partial charge on any atom is -0.330 e. The third kappa shape index (κ3) is 3.01. The second kappa shape index (κ2) is 5.97. The lowest BCUT2D eigenvalue weighted by Crippen LogP contribution is -2.09. The van der Waals surface area contributed by atoms with Crippen LogP contribution in [0.2, 0.25) is 0 Å². The van der Waals surface area contributed by atoms with Crippen molar-refractivity contribution < 1.29 is 0 Å². The molecule has 0 bridgehead atoms. The zero-order chi connectivity index (χ0) is 13.8. The summed E-state index contributed by atoms with van der Waals surface area (Å²) in [7, 11) is 0. The molecule has 1 aromatic carbocycles. The van der Waals surface area contributed by atoms with Crippen LogP contribution in [0.15, 0.2) is 24.3 Å². The van der Waals surface area contributed by atoms with Crippen molar-refractivity contribution in [3.63, 3.8) is 0 Å². The van der Waals surface area contributed by atoms with Crippen molar-refractivity contribution >= 4 is 0 Å². The molecule has 4 nitrogen and oxygen atoms in total. The number of benzene rings is 1. The smallest absolute Gasteiger partial charge is 0.153 e. The van der Waals surface area contributed by atoms with Gasteiger partial charge in [-0.15, -0.1) is 0 Å². The second-order valence-corrected chi connectivity index (χ2v) is 5.01. The minimum absolute atomic E-state index is 0.327. The molecule has 0 fully saturated rings. The lowest BCUT2D eigenvalue weighted by atomic mass is 10.1. The summed E-state index contributed by atoms with van der Waals surface area (Å²) in [5.74, 6) is 2.14. The molecule has 102 valence electrons. The summed E-state index contributed by atoms with van der Waals surface area (Å²) < 4.78 is 1.92. The average Bonchev–Trinajstić information content (AvgIpc) is 2.84. The van der Waals surface area contributed by atoms with E-state index in [2.05, 4.69) is 55.1 Å². The van der Waals surface area contributed by atoms with Crippen LogP contribution in [-0.2, 0) is 12.8 Å². The van der Waals surface area contributed by atoms with E-state index in [1.165, 1.54) is 5.56 Å². The van der Waals surface area contributed by atoms with Crippen molar-refractivity contribution in [2.45, 2.75) is 39.5 Å². The number of aryl methyl sites for hydroxylation is 1. The Kier molecular flexibility index (Phi) is 4.32. The Morgan fingerprint density at radius 3 is 2.42 bits per heavy atom. The Hall–Kier alpha value is -1.68. The Balaban J connectivity index is 2.40. The van der Waals surface area contributed by atoms with Crippen LogP contribution in [-0.4, -0.2) is 21.3 Å². The molecule has 0 aliphatic carbocycles. The van der Waals surface area contributed by atoms with Gasteiger partial charge in [0.25, 0.3) is 0 Å². The number of rotatable bonds is 5. The van der Waals surface area contributed by atoms with Crippen molar-refractivity contribution in [2.24, 2.45) is 5.73 Å². The molecule has 2 aromatic rings. The van der Waals surface area contributed by atoms with Crippen LogP contribution < -0.4 is 5.73 Å². The molecule has 1 aromatic heterocycles. The van der Waals surface area contributed by atoms with Gasteiger partial charge in [0.1, 0.15) is 5.82 Å². The minimum atomic E-state index is 0.327. The molecule has 2 rings (SSSR count). The monoisotopic (exact) mass is 258 g/mol. The number of aromatic nitrogens is 3. The third-order valence-corrected chi connectivity index (χ3v) is 3.16. The van der Waals surface area contributed by atoms with E-state index in [4.69, 9.17) is 5.73 Å².